The Balaban J connectivity index is 1.28. The number of aromatic amines is 2. The van der Waals surface area contributed by atoms with Crippen LogP contribution in [0.1, 0.15) is 24.0 Å². The van der Waals surface area contributed by atoms with E-state index >= 15 is 0 Å². The summed E-state index contributed by atoms with van der Waals surface area (Å²) in [7, 11) is 0. The van der Waals surface area contributed by atoms with E-state index in [-0.39, 0.29) is 5.82 Å². The lowest BCUT2D eigenvalue weighted by Crippen LogP contribution is -2.18. The van der Waals surface area contributed by atoms with Gasteiger partial charge in [-0.2, -0.15) is 5.10 Å². The minimum Gasteiger partial charge on any atom is -0.335 e. The summed E-state index contributed by atoms with van der Waals surface area (Å²) in [4.78, 5) is 24.2. The monoisotopic (exact) mass is 504 g/mol. The van der Waals surface area contributed by atoms with E-state index in [4.69, 9.17) is 4.98 Å². The summed E-state index contributed by atoms with van der Waals surface area (Å²) in [5.74, 6) is 0.316. The Bertz CT molecular complexity index is 1780. The van der Waals surface area contributed by atoms with E-state index in [0.29, 0.717) is 17.0 Å². The molecule has 0 amide bonds. The van der Waals surface area contributed by atoms with E-state index in [1.807, 2.05) is 31.5 Å². The van der Waals surface area contributed by atoms with Gasteiger partial charge in [-0.3, -0.25) is 25.0 Å². The normalized spacial score (nSPS) is 14.2. The molecule has 0 bridgehead atoms. The smallest absolute Gasteiger partial charge is 0.159 e. The van der Waals surface area contributed by atoms with E-state index in [0.717, 1.165) is 64.0 Å². The van der Waals surface area contributed by atoms with Crippen LogP contribution in [0.4, 0.5) is 4.39 Å². The van der Waals surface area contributed by atoms with E-state index in [1.54, 1.807) is 18.6 Å². The summed E-state index contributed by atoms with van der Waals surface area (Å²) in [6.07, 6.45) is 11.5. The van der Waals surface area contributed by atoms with Crippen LogP contribution in [0.5, 0.6) is 0 Å². The number of pyridine rings is 3. The van der Waals surface area contributed by atoms with E-state index in [1.165, 1.54) is 30.5 Å². The number of rotatable bonds is 5. The van der Waals surface area contributed by atoms with Crippen molar-refractivity contribution in [1.82, 2.24) is 40.0 Å². The minimum atomic E-state index is -0.287. The minimum absolute atomic E-state index is 0.287. The highest BCUT2D eigenvalue weighted by atomic mass is 19.1. The quantitative estimate of drug-likeness (QED) is 0.314. The van der Waals surface area contributed by atoms with Crippen molar-refractivity contribution in [3.63, 3.8) is 0 Å². The molecule has 8 nitrogen and oxygen atoms in total. The number of H-pyrrole nitrogens is 2. The third-order valence-corrected chi connectivity index (χ3v) is 7.11. The topological polar surface area (TPSA) is 99.3 Å². The molecule has 6 aromatic rings. The van der Waals surface area contributed by atoms with Gasteiger partial charge in [0.1, 0.15) is 11.5 Å². The number of fused-ring (bicyclic) bond motifs is 2. The SMILES string of the molecule is Cc1cc(F)cc(-c2cncc3[nH]c(-c4n[nH]c5cnc(-c6cncc(CN7CCCC7)c6)cc45)nc23)c1. The molecule has 188 valence electrons. The molecule has 0 spiro atoms. The molecule has 0 aliphatic carbocycles. The highest BCUT2D eigenvalue weighted by Crippen LogP contribution is 2.32. The van der Waals surface area contributed by atoms with E-state index in [9.17, 15) is 4.39 Å². The molecule has 38 heavy (non-hydrogen) atoms. The van der Waals surface area contributed by atoms with Crippen LogP contribution >= 0.6 is 0 Å². The Morgan fingerprint density at radius 1 is 0.895 bits per heavy atom. The molecule has 0 radical (unpaired) electrons. The average molecular weight is 505 g/mol. The maximum Gasteiger partial charge on any atom is 0.159 e. The Kier molecular flexibility index (Phi) is 5.44. The van der Waals surface area contributed by atoms with Gasteiger partial charge in [-0.05, 0) is 73.8 Å². The van der Waals surface area contributed by atoms with Crippen LogP contribution in [0.25, 0.3) is 55.8 Å². The fraction of sp³-hybridized carbons (Fsp3) is 0.207. The van der Waals surface area contributed by atoms with Gasteiger partial charge in [-0.15, -0.1) is 0 Å². The van der Waals surface area contributed by atoms with Crippen molar-refractivity contribution in [2.75, 3.05) is 13.1 Å². The molecule has 1 aromatic carbocycles. The van der Waals surface area contributed by atoms with Crippen LogP contribution in [0.3, 0.4) is 0 Å². The summed E-state index contributed by atoms with van der Waals surface area (Å²) < 4.78 is 14.1. The summed E-state index contributed by atoms with van der Waals surface area (Å²) in [5.41, 5.74) is 8.26. The van der Waals surface area contributed by atoms with Gasteiger partial charge in [0.05, 0.1) is 34.6 Å². The molecule has 0 unspecified atom stereocenters. The van der Waals surface area contributed by atoms with Crippen LogP contribution in [0, 0.1) is 12.7 Å². The number of nitrogens with zero attached hydrogens (tertiary/aromatic N) is 6. The Hall–Kier alpha value is -4.50. The van der Waals surface area contributed by atoms with Crippen molar-refractivity contribution in [1.29, 1.82) is 0 Å². The summed E-state index contributed by atoms with van der Waals surface area (Å²) in [6, 6.07) is 9.13. The summed E-state index contributed by atoms with van der Waals surface area (Å²) in [6.45, 7) is 5.05. The molecular formula is C29H25FN8. The van der Waals surface area contributed by atoms with Crippen molar-refractivity contribution in [2.24, 2.45) is 0 Å². The van der Waals surface area contributed by atoms with Gasteiger partial charge >= 0.3 is 0 Å². The molecule has 0 saturated carbocycles. The van der Waals surface area contributed by atoms with Crippen molar-refractivity contribution >= 4 is 21.9 Å². The lowest BCUT2D eigenvalue weighted by Gasteiger charge is -2.14. The lowest BCUT2D eigenvalue weighted by atomic mass is 10.0. The third-order valence-electron chi connectivity index (χ3n) is 7.11. The van der Waals surface area contributed by atoms with Gasteiger partial charge in [-0.25, -0.2) is 9.37 Å². The average Bonchev–Trinajstić information content (AvgIpc) is 3.67. The first kappa shape index (κ1) is 22.7. The zero-order chi connectivity index (χ0) is 25.6. The Morgan fingerprint density at radius 2 is 1.76 bits per heavy atom. The summed E-state index contributed by atoms with van der Waals surface area (Å²) in [5, 5.41) is 8.52. The molecule has 7 rings (SSSR count). The first-order valence-electron chi connectivity index (χ1n) is 12.7. The number of hydrogen-bond donors (Lipinski definition) is 2. The zero-order valence-electron chi connectivity index (χ0n) is 20.9. The predicted octanol–water partition coefficient (Wildman–Crippen LogP) is 5.67. The second-order valence-electron chi connectivity index (χ2n) is 9.94. The van der Waals surface area contributed by atoms with Crippen LogP contribution in [-0.4, -0.2) is 53.1 Å². The van der Waals surface area contributed by atoms with Crippen molar-refractivity contribution < 1.29 is 4.39 Å². The van der Waals surface area contributed by atoms with Gasteiger partial charge in [0.15, 0.2) is 5.82 Å². The molecule has 1 fully saturated rings. The lowest BCUT2D eigenvalue weighted by molar-refractivity contribution is 0.331. The maximum atomic E-state index is 14.1. The van der Waals surface area contributed by atoms with Crippen molar-refractivity contribution in [3.8, 4) is 33.9 Å². The Morgan fingerprint density at radius 3 is 2.63 bits per heavy atom. The van der Waals surface area contributed by atoms with Crippen LogP contribution in [-0.2, 0) is 6.54 Å². The molecule has 0 atom stereocenters. The molecule has 1 aliphatic rings. The van der Waals surface area contributed by atoms with Gasteiger partial charge < -0.3 is 4.98 Å². The predicted molar refractivity (Wildman–Crippen MR) is 145 cm³/mol. The molecule has 5 aromatic heterocycles. The summed E-state index contributed by atoms with van der Waals surface area (Å²) >= 11 is 0. The van der Waals surface area contributed by atoms with E-state index in [2.05, 4.69) is 41.1 Å². The van der Waals surface area contributed by atoms with Crippen LogP contribution < -0.4 is 0 Å². The zero-order valence-corrected chi connectivity index (χ0v) is 20.9. The second kappa shape index (κ2) is 9.11. The molecular weight excluding hydrogens is 479 g/mol. The number of nitrogens with one attached hydrogen (secondary N) is 2. The van der Waals surface area contributed by atoms with Crippen LogP contribution in [0.15, 0.2) is 61.3 Å². The number of aryl methyl sites for hydroxylation is 1. The van der Waals surface area contributed by atoms with Gasteiger partial charge in [-0.1, -0.05) is 6.07 Å². The molecule has 1 aliphatic heterocycles. The first-order valence-corrected chi connectivity index (χ1v) is 12.7. The molecule has 6 heterocycles. The fourth-order valence-electron chi connectivity index (χ4n) is 5.32. The number of benzene rings is 1. The number of aromatic nitrogens is 7. The number of likely N-dealkylation sites (tertiary alicyclic amines) is 1. The highest BCUT2D eigenvalue weighted by Gasteiger charge is 2.18. The first-order chi connectivity index (χ1) is 18.6. The molecule has 2 N–H and O–H groups in total. The van der Waals surface area contributed by atoms with Crippen molar-refractivity contribution in [2.45, 2.75) is 26.3 Å². The standard InChI is InChI=1S/C29H25FN8/c1-17-6-19(9-21(30)7-17)23-13-32-14-26-27(23)35-29(34-26)28-22-10-24(33-15-25(22)36-37-28)20-8-18(11-31-12-20)16-38-4-2-3-5-38/h6-15H,2-5,16H2,1H3,(H,34,35)(H,36,37). The largest absolute Gasteiger partial charge is 0.335 e. The second-order valence-corrected chi connectivity index (χ2v) is 9.94. The van der Waals surface area contributed by atoms with E-state index < -0.39 is 0 Å². The number of imidazole rings is 1. The molecule has 9 heteroatoms. The van der Waals surface area contributed by atoms with Crippen molar-refractivity contribution in [3.05, 3.63) is 78.3 Å². The third kappa shape index (κ3) is 4.10. The highest BCUT2D eigenvalue weighted by molar-refractivity contribution is 5.97. The van der Waals surface area contributed by atoms with Gasteiger partial charge in [0.25, 0.3) is 0 Å². The molecule has 1 saturated heterocycles. The van der Waals surface area contributed by atoms with Crippen LogP contribution in [0.2, 0.25) is 0 Å². The fourth-order valence-corrected chi connectivity index (χ4v) is 5.32. The Labute approximate surface area is 218 Å². The number of halogens is 1. The maximum absolute atomic E-state index is 14.1. The number of hydrogen-bond acceptors (Lipinski definition) is 6. The van der Waals surface area contributed by atoms with Gasteiger partial charge in [0.2, 0.25) is 0 Å². The van der Waals surface area contributed by atoms with Gasteiger partial charge in [0, 0.05) is 41.6 Å².